The molecule has 0 unspecified atom stereocenters. The van der Waals surface area contributed by atoms with Crippen LogP contribution >= 0.6 is 24.0 Å². The van der Waals surface area contributed by atoms with Crippen LogP contribution in [0.5, 0.6) is 5.75 Å². The van der Waals surface area contributed by atoms with Crippen LogP contribution in [0.15, 0.2) is 53.4 Å². The molecule has 0 spiro atoms. The first kappa shape index (κ1) is 21.5. The molecule has 0 bridgehead atoms. The molecule has 0 saturated carbocycles. The number of nitro benzene ring substituents is 1. The van der Waals surface area contributed by atoms with Crippen LogP contribution in [0.2, 0.25) is 0 Å². The fourth-order valence-corrected chi connectivity index (χ4v) is 3.89. The second kappa shape index (κ2) is 9.51. The number of esters is 1. The Labute approximate surface area is 181 Å². The van der Waals surface area contributed by atoms with E-state index in [1.54, 1.807) is 43.3 Å². The highest BCUT2D eigenvalue weighted by molar-refractivity contribution is 8.27. The number of benzene rings is 2. The summed E-state index contributed by atoms with van der Waals surface area (Å²) in [6.45, 7) is 1.82. The van der Waals surface area contributed by atoms with Gasteiger partial charge in [-0.15, -0.1) is 0 Å². The van der Waals surface area contributed by atoms with Crippen molar-refractivity contribution in [3.05, 3.63) is 69.1 Å². The summed E-state index contributed by atoms with van der Waals surface area (Å²) in [7, 11) is 0. The standard InChI is InChI=1S/C20H16N2O6S2/c1-2-27-18(23)12-28-16-8-6-13(7-9-16)10-17-19(24)21(20(29)30-17)14-4-3-5-15(11-14)22(25)26/h3-11H,2,12H2,1H3/b17-10+. The molecule has 10 heteroatoms. The fourth-order valence-electron chi connectivity index (χ4n) is 2.59. The van der Waals surface area contributed by atoms with Crippen LogP contribution in [0, 0.1) is 10.1 Å². The molecule has 1 heterocycles. The summed E-state index contributed by atoms with van der Waals surface area (Å²) >= 11 is 6.41. The van der Waals surface area contributed by atoms with Gasteiger partial charge in [-0.2, -0.15) is 0 Å². The van der Waals surface area contributed by atoms with Gasteiger partial charge >= 0.3 is 5.97 Å². The summed E-state index contributed by atoms with van der Waals surface area (Å²) in [4.78, 5) is 36.3. The topological polar surface area (TPSA) is 99.0 Å². The van der Waals surface area contributed by atoms with Gasteiger partial charge in [0.25, 0.3) is 11.6 Å². The van der Waals surface area contributed by atoms with Gasteiger partial charge in [0.1, 0.15) is 5.75 Å². The van der Waals surface area contributed by atoms with Gasteiger partial charge in [-0.3, -0.25) is 19.8 Å². The first-order valence-corrected chi connectivity index (χ1v) is 10.0. The minimum Gasteiger partial charge on any atom is -0.482 e. The molecular formula is C20H16N2O6S2. The SMILES string of the molecule is CCOC(=O)COc1ccc(/C=C2/SC(=S)N(c3cccc([N+](=O)[O-])c3)C2=O)cc1. The number of rotatable bonds is 7. The molecular weight excluding hydrogens is 428 g/mol. The first-order valence-electron chi connectivity index (χ1n) is 8.80. The number of anilines is 1. The largest absolute Gasteiger partial charge is 0.482 e. The van der Waals surface area contributed by atoms with Crippen molar-refractivity contribution in [3.63, 3.8) is 0 Å². The average molecular weight is 444 g/mol. The lowest BCUT2D eigenvalue weighted by atomic mass is 10.2. The van der Waals surface area contributed by atoms with Crippen molar-refractivity contribution in [2.24, 2.45) is 0 Å². The maximum atomic E-state index is 12.8. The van der Waals surface area contributed by atoms with Crippen molar-refractivity contribution in [3.8, 4) is 5.75 Å². The molecule has 1 saturated heterocycles. The number of carbonyl (C=O) groups is 2. The van der Waals surface area contributed by atoms with Gasteiger partial charge in [-0.1, -0.05) is 42.2 Å². The van der Waals surface area contributed by atoms with Gasteiger partial charge in [0, 0.05) is 12.1 Å². The van der Waals surface area contributed by atoms with E-state index in [2.05, 4.69) is 0 Å². The fraction of sp³-hybridized carbons (Fsp3) is 0.150. The van der Waals surface area contributed by atoms with Crippen LogP contribution in [0.25, 0.3) is 6.08 Å². The minimum atomic E-state index is -0.525. The highest BCUT2D eigenvalue weighted by Crippen LogP contribution is 2.37. The number of non-ortho nitro benzene ring substituents is 1. The highest BCUT2D eigenvalue weighted by Gasteiger charge is 2.33. The average Bonchev–Trinajstić information content (AvgIpc) is 3.00. The molecule has 1 fully saturated rings. The summed E-state index contributed by atoms with van der Waals surface area (Å²) < 4.78 is 10.4. The number of nitro groups is 1. The summed E-state index contributed by atoms with van der Waals surface area (Å²) in [6.07, 6.45) is 1.67. The third-order valence-corrected chi connectivity index (χ3v) is 5.23. The van der Waals surface area contributed by atoms with Gasteiger partial charge in [0.15, 0.2) is 10.9 Å². The Balaban J connectivity index is 1.73. The lowest BCUT2D eigenvalue weighted by Gasteiger charge is -2.13. The van der Waals surface area contributed by atoms with E-state index in [-0.39, 0.29) is 24.8 Å². The maximum absolute atomic E-state index is 12.8. The zero-order chi connectivity index (χ0) is 21.7. The lowest BCUT2D eigenvalue weighted by molar-refractivity contribution is -0.384. The smallest absolute Gasteiger partial charge is 0.344 e. The van der Waals surface area contributed by atoms with E-state index in [0.29, 0.717) is 20.7 Å². The molecule has 0 aromatic heterocycles. The number of ether oxygens (including phenoxy) is 2. The number of thiocarbonyl (C=S) groups is 1. The van der Waals surface area contributed by atoms with E-state index < -0.39 is 10.9 Å². The molecule has 8 nitrogen and oxygen atoms in total. The van der Waals surface area contributed by atoms with Gasteiger partial charge in [0.05, 0.1) is 22.1 Å². The predicted molar refractivity (Wildman–Crippen MR) is 117 cm³/mol. The number of carbonyl (C=O) groups excluding carboxylic acids is 2. The molecule has 154 valence electrons. The van der Waals surface area contributed by atoms with Crippen molar-refractivity contribution >= 4 is 57.6 Å². The molecule has 1 amide bonds. The van der Waals surface area contributed by atoms with Gasteiger partial charge < -0.3 is 9.47 Å². The molecule has 1 aliphatic rings. The Morgan fingerprint density at radius 1 is 1.27 bits per heavy atom. The number of hydrogen-bond donors (Lipinski definition) is 0. The minimum absolute atomic E-state index is 0.121. The van der Waals surface area contributed by atoms with E-state index in [0.717, 1.165) is 17.3 Å². The van der Waals surface area contributed by atoms with Crippen LogP contribution in [-0.4, -0.2) is 34.3 Å². The summed E-state index contributed by atoms with van der Waals surface area (Å²) in [5.41, 5.74) is 0.958. The van der Waals surface area contributed by atoms with Crippen molar-refractivity contribution in [2.45, 2.75) is 6.92 Å². The third-order valence-electron chi connectivity index (χ3n) is 3.93. The zero-order valence-corrected chi connectivity index (χ0v) is 17.4. The quantitative estimate of drug-likeness (QED) is 0.208. The lowest BCUT2D eigenvalue weighted by Crippen LogP contribution is -2.27. The molecule has 2 aromatic carbocycles. The van der Waals surface area contributed by atoms with Crippen molar-refractivity contribution in [1.82, 2.24) is 0 Å². The summed E-state index contributed by atoms with van der Waals surface area (Å²) in [5.74, 6) is -0.316. The Bertz CT molecular complexity index is 1040. The molecule has 0 atom stereocenters. The maximum Gasteiger partial charge on any atom is 0.344 e. The molecule has 0 N–H and O–H groups in total. The van der Waals surface area contributed by atoms with E-state index >= 15 is 0 Å². The Morgan fingerprint density at radius 2 is 2.00 bits per heavy atom. The zero-order valence-electron chi connectivity index (χ0n) is 15.8. The van der Waals surface area contributed by atoms with E-state index in [1.807, 2.05) is 0 Å². The Kier molecular flexibility index (Phi) is 6.80. The Hall–Kier alpha value is -3.24. The molecule has 1 aliphatic heterocycles. The predicted octanol–water partition coefficient (Wildman–Crippen LogP) is 3.94. The number of nitrogens with zero attached hydrogens (tertiary/aromatic N) is 2. The second-order valence-electron chi connectivity index (χ2n) is 5.96. The van der Waals surface area contributed by atoms with Gasteiger partial charge in [-0.25, -0.2) is 4.79 Å². The highest BCUT2D eigenvalue weighted by atomic mass is 32.2. The Morgan fingerprint density at radius 3 is 2.67 bits per heavy atom. The monoisotopic (exact) mass is 444 g/mol. The summed E-state index contributed by atoms with van der Waals surface area (Å²) in [6, 6.07) is 12.6. The molecule has 0 aliphatic carbocycles. The number of amides is 1. The van der Waals surface area contributed by atoms with Crippen molar-refractivity contribution < 1.29 is 24.0 Å². The number of hydrogen-bond acceptors (Lipinski definition) is 8. The van der Waals surface area contributed by atoms with Crippen molar-refractivity contribution in [1.29, 1.82) is 0 Å². The third kappa shape index (κ3) is 5.02. The van der Waals surface area contributed by atoms with Gasteiger partial charge in [-0.05, 0) is 36.8 Å². The van der Waals surface area contributed by atoms with Crippen LogP contribution in [0.4, 0.5) is 11.4 Å². The molecule has 3 rings (SSSR count). The van der Waals surface area contributed by atoms with E-state index in [9.17, 15) is 19.7 Å². The van der Waals surface area contributed by atoms with E-state index in [4.69, 9.17) is 21.7 Å². The normalized spacial score (nSPS) is 14.8. The summed E-state index contributed by atoms with van der Waals surface area (Å²) in [5, 5.41) is 11.0. The number of thioether (sulfide) groups is 1. The van der Waals surface area contributed by atoms with Crippen LogP contribution in [0.3, 0.4) is 0 Å². The molecule has 0 radical (unpaired) electrons. The van der Waals surface area contributed by atoms with Gasteiger partial charge in [0.2, 0.25) is 0 Å². The van der Waals surface area contributed by atoms with Crippen LogP contribution in [-0.2, 0) is 14.3 Å². The van der Waals surface area contributed by atoms with E-state index in [1.165, 1.54) is 23.1 Å². The molecule has 30 heavy (non-hydrogen) atoms. The van der Waals surface area contributed by atoms with Crippen LogP contribution < -0.4 is 9.64 Å². The van der Waals surface area contributed by atoms with Crippen LogP contribution in [0.1, 0.15) is 12.5 Å². The molecule has 2 aromatic rings. The second-order valence-corrected chi connectivity index (χ2v) is 7.63. The van der Waals surface area contributed by atoms with Crippen molar-refractivity contribution in [2.75, 3.05) is 18.1 Å². The first-order chi connectivity index (χ1) is 14.4.